The van der Waals surface area contributed by atoms with E-state index in [1.807, 2.05) is 0 Å². The van der Waals surface area contributed by atoms with Gasteiger partial charge in [0.25, 0.3) is 0 Å². The Kier molecular flexibility index (Phi) is 20.5. The maximum absolute atomic E-state index is 15.6. The fourth-order valence-electron chi connectivity index (χ4n) is 18.7. The molecule has 4 saturated carbocycles. The average molecular weight is 1350 g/mol. The van der Waals surface area contributed by atoms with Crippen molar-refractivity contribution in [1.82, 2.24) is 0 Å². The van der Waals surface area contributed by atoms with E-state index in [-0.39, 0.29) is 29.6 Å². The Morgan fingerprint density at radius 1 is 0.564 bits per heavy atom. The molecule has 15 N–H and O–H groups in total. The first-order valence-corrected chi connectivity index (χ1v) is 33.2. The Labute approximate surface area is 544 Å². The summed E-state index contributed by atoms with van der Waals surface area (Å²) in [6.07, 6.45) is -40.1. The molecule has 9 heterocycles. The number of ether oxygens (including phenoxy) is 12. The second kappa shape index (κ2) is 26.6. The third-order valence-electron chi connectivity index (χ3n) is 24.3. The summed E-state index contributed by atoms with van der Waals surface area (Å²) in [5.74, 6) is -3.98. The molecule has 94 heavy (non-hydrogen) atoms. The van der Waals surface area contributed by atoms with E-state index in [4.69, 9.17) is 56.8 Å². The maximum atomic E-state index is 15.6. The van der Waals surface area contributed by atoms with Gasteiger partial charge in [-0.05, 0) is 111 Å². The molecule has 0 aromatic rings. The second-order valence-corrected chi connectivity index (χ2v) is 31.0. The van der Waals surface area contributed by atoms with Gasteiger partial charge in [0, 0.05) is 5.41 Å². The number of esters is 3. The molecule has 5 aliphatic carbocycles. The lowest BCUT2D eigenvalue weighted by molar-refractivity contribution is -0.384. The summed E-state index contributed by atoms with van der Waals surface area (Å²) >= 11 is 0. The van der Waals surface area contributed by atoms with E-state index >= 15 is 4.79 Å². The Morgan fingerprint density at radius 2 is 1.21 bits per heavy atom. The molecule has 536 valence electrons. The van der Waals surface area contributed by atoms with Gasteiger partial charge in [0.2, 0.25) is 6.29 Å². The van der Waals surface area contributed by atoms with Gasteiger partial charge in [-0.3, -0.25) is 14.4 Å². The Bertz CT molecular complexity index is 2760. The minimum atomic E-state index is -2.31. The van der Waals surface area contributed by atoms with E-state index in [0.717, 1.165) is 12.5 Å². The highest BCUT2D eigenvalue weighted by molar-refractivity contribution is 5.79. The van der Waals surface area contributed by atoms with Gasteiger partial charge in [-0.2, -0.15) is 0 Å². The molecular formula is C64H100O30. The fraction of sp³-hybridized carbons (Fsp3) is 0.922. The lowest BCUT2D eigenvalue weighted by Gasteiger charge is -2.72. The molecule has 1 spiro atoms. The van der Waals surface area contributed by atoms with Crippen molar-refractivity contribution < 1.29 is 148 Å². The quantitative estimate of drug-likeness (QED) is 0.0567. The van der Waals surface area contributed by atoms with Crippen LogP contribution in [0.25, 0.3) is 0 Å². The highest BCUT2D eigenvalue weighted by atomic mass is 16.8. The van der Waals surface area contributed by atoms with Crippen LogP contribution in [0.3, 0.4) is 0 Å². The van der Waals surface area contributed by atoms with E-state index in [2.05, 4.69) is 40.7 Å². The molecule has 0 unspecified atom stereocenters. The standard InChI is InChI=1S/C64H100O30/c1-26-47-48(90-52-44(78)38(72)30(68)22-84-52)46(80)54(86-26)91-49-39(73)31(69)23-85-55(49)94-57(81)64-15-13-58(2,3)17-28(64)27-9-10-35-60(5)18-29(67)51(61(6,25-66)34(60)11-12-63(35,8)62(27,7)14-16-64)93-56-50(43(77)40(74)32(21-65)87-56)92-53-45(79)42(76)41(75)33(88-53)24-83-36(70)19-59(4,82)20-37(71)89-47/h9,26,28-35,38-56,65-69,72-80,82H,10-25H2,1-8H3/t26-,28-,29-,30+,31-,32+,33+,34+,35+,38-,39-,40+,41+,42-,43-,44+,45+,46+,47-,48-,49+,50+,51-,52-,53-,54-,55-,56-,59-,60-,61-,62+,63+,64-/m0/s1. The number of carbonyl (C=O) groups excluding carboxylic acids is 3. The first-order valence-electron chi connectivity index (χ1n) is 33.2. The molecule has 0 radical (unpaired) electrons. The van der Waals surface area contributed by atoms with Crippen LogP contribution >= 0.6 is 0 Å². The van der Waals surface area contributed by atoms with Gasteiger partial charge in [0.15, 0.2) is 37.4 Å². The van der Waals surface area contributed by atoms with Crippen LogP contribution in [-0.2, 0) is 71.2 Å². The van der Waals surface area contributed by atoms with E-state index in [9.17, 15) is 86.2 Å². The number of aliphatic hydroxyl groups excluding tert-OH is 14. The third kappa shape index (κ3) is 12.5. The van der Waals surface area contributed by atoms with Crippen molar-refractivity contribution >= 4 is 17.9 Å². The van der Waals surface area contributed by atoms with Gasteiger partial charge < -0.3 is 133 Å². The first kappa shape index (κ1) is 72.4. The molecule has 9 aliphatic heterocycles. The van der Waals surface area contributed by atoms with E-state index in [0.29, 0.717) is 51.4 Å². The van der Waals surface area contributed by atoms with Gasteiger partial charge in [-0.1, -0.05) is 53.2 Å². The molecule has 0 aromatic heterocycles. The zero-order valence-corrected chi connectivity index (χ0v) is 54.4. The Balaban J connectivity index is 0.956. The predicted molar refractivity (Wildman–Crippen MR) is 312 cm³/mol. The van der Waals surface area contributed by atoms with Crippen LogP contribution in [0, 0.1) is 50.2 Å². The lowest BCUT2D eigenvalue weighted by Crippen LogP contribution is -2.70. The van der Waals surface area contributed by atoms with E-state index < -0.39 is 250 Å². The fourth-order valence-corrected chi connectivity index (χ4v) is 18.7. The average Bonchev–Trinajstić information content (AvgIpc) is 0.675. The van der Waals surface area contributed by atoms with Crippen molar-refractivity contribution in [3.8, 4) is 0 Å². The van der Waals surface area contributed by atoms with Crippen LogP contribution in [0.5, 0.6) is 0 Å². The molecular weight excluding hydrogens is 1250 g/mol. The number of allylic oxidation sites excluding steroid dienone is 2. The predicted octanol–water partition coefficient (Wildman–Crippen LogP) is -3.32. The molecule has 0 aromatic carbocycles. The topological polar surface area (TPSA) is 465 Å². The van der Waals surface area contributed by atoms with Crippen molar-refractivity contribution in [3.63, 3.8) is 0 Å². The summed E-state index contributed by atoms with van der Waals surface area (Å²) in [5.41, 5.74) is -5.65. The van der Waals surface area contributed by atoms with Crippen molar-refractivity contribution in [1.29, 1.82) is 0 Å². The summed E-state index contributed by atoms with van der Waals surface area (Å²) in [5, 5.41) is 170. The van der Waals surface area contributed by atoms with Gasteiger partial charge in [0.05, 0.1) is 68.6 Å². The number of carbonyl (C=O) groups is 3. The molecule has 11 fully saturated rings. The molecule has 14 rings (SSSR count). The molecule has 12 bridgehead atoms. The van der Waals surface area contributed by atoms with Crippen molar-refractivity contribution in [2.75, 3.05) is 33.0 Å². The summed E-state index contributed by atoms with van der Waals surface area (Å²) < 4.78 is 72.4. The highest BCUT2D eigenvalue weighted by Crippen LogP contribution is 2.76. The van der Waals surface area contributed by atoms with Crippen LogP contribution in [-0.4, -0.2) is 287 Å². The molecule has 0 amide bonds. The molecule has 7 saturated heterocycles. The van der Waals surface area contributed by atoms with Crippen LogP contribution < -0.4 is 0 Å². The molecule has 30 nitrogen and oxygen atoms in total. The minimum Gasteiger partial charge on any atom is -0.463 e. The minimum absolute atomic E-state index is 0.133. The summed E-state index contributed by atoms with van der Waals surface area (Å²) in [6, 6.07) is 0. The van der Waals surface area contributed by atoms with E-state index in [1.165, 1.54) is 6.92 Å². The third-order valence-corrected chi connectivity index (χ3v) is 24.3. The number of hydrogen-bond donors (Lipinski definition) is 15. The normalized spacial score (nSPS) is 54.5. The van der Waals surface area contributed by atoms with E-state index in [1.54, 1.807) is 6.92 Å². The molecule has 34 atom stereocenters. The number of rotatable bonds is 4. The van der Waals surface area contributed by atoms with Crippen molar-refractivity contribution in [2.45, 2.75) is 285 Å². The number of aliphatic hydroxyl groups is 15. The van der Waals surface area contributed by atoms with Crippen LogP contribution in [0.1, 0.15) is 126 Å². The van der Waals surface area contributed by atoms with Crippen LogP contribution in [0.15, 0.2) is 11.6 Å². The zero-order valence-electron chi connectivity index (χ0n) is 54.4. The molecule has 14 aliphatic rings. The van der Waals surface area contributed by atoms with Gasteiger partial charge in [-0.15, -0.1) is 0 Å². The largest absolute Gasteiger partial charge is 0.463 e. The lowest BCUT2D eigenvalue weighted by atomic mass is 9.33. The highest BCUT2D eigenvalue weighted by Gasteiger charge is 2.72. The SMILES string of the molecule is C[C@@H]1O[C@H]2O[C@H]3[C@@H](OC[C@H](O)[C@@H]3O)OC(=O)[C@]34CCC(C)(C)C[C@H]3C3=CC[C@@H]5[C@@]6(C)C[C@H](O)[C@H](O[C@@H]7O[C@H](CO)[C@@H](O)[C@H](O)[C@H]7O[C@@H]7O[C@H](COC(=O)C[C@](C)(O)CC(=O)O[C@@H]1[C@@H](O[C@@H]1OC[C@@H](O)[C@H](O)[C@H]1O)[C@H]2O)[C@@H](O)[C@H](O)[C@H]7O)[C@@](C)(CO)[C@@H]6CC[C@@]5(C)[C@]3(C)CC4. The smallest absolute Gasteiger partial charge is 0.315 e. The van der Waals surface area contributed by atoms with Gasteiger partial charge in [0.1, 0.15) is 98.2 Å². The first-order chi connectivity index (χ1) is 44.0. The monoisotopic (exact) mass is 1350 g/mol. The van der Waals surface area contributed by atoms with Crippen molar-refractivity contribution in [3.05, 3.63) is 11.6 Å². The number of hydrogen-bond acceptors (Lipinski definition) is 30. The Morgan fingerprint density at radius 3 is 1.90 bits per heavy atom. The Hall–Kier alpha value is -2.81. The van der Waals surface area contributed by atoms with Crippen LogP contribution in [0.4, 0.5) is 0 Å². The zero-order chi connectivity index (χ0) is 68.5. The summed E-state index contributed by atoms with van der Waals surface area (Å²) in [6.45, 7) is 11.8. The summed E-state index contributed by atoms with van der Waals surface area (Å²) in [7, 11) is 0. The van der Waals surface area contributed by atoms with Gasteiger partial charge >= 0.3 is 17.9 Å². The maximum Gasteiger partial charge on any atom is 0.315 e. The summed E-state index contributed by atoms with van der Waals surface area (Å²) in [4.78, 5) is 43.1. The van der Waals surface area contributed by atoms with Crippen molar-refractivity contribution in [2.24, 2.45) is 50.2 Å². The van der Waals surface area contributed by atoms with Gasteiger partial charge in [-0.25, -0.2) is 0 Å². The second-order valence-electron chi connectivity index (χ2n) is 31.0. The molecule has 30 heteroatoms. The van der Waals surface area contributed by atoms with Crippen LogP contribution in [0.2, 0.25) is 0 Å².